The molecule has 9 fully saturated rings. The molecule has 0 saturated carbocycles. The third kappa shape index (κ3) is 18.4. The molecule has 6 bridgehead atoms. The summed E-state index contributed by atoms with van der Waals surface area (Å²) in [7, 11) is -15.6. The molecule has 0 aliphatic carbocycles. The van der Waals surface area contributed by atoms with Crippen LogP contribution in [0, 0.1) is 0 Å². The number of phosphoric acid groups is 3. The van der Waals surface area contributed by atoms with Crippen LogP contribution in [0.5, 0.6) is 0 Å². The van der Waals surface area contributed by atoms with E-state index < -0.39 is 244 Å². The van der Waals surface area contributed by atoms with Crippen LogP contribution < -0.4 is 51.1 Å². The van der Waals surface area contributed by atoms with Crippen LogP contribution in [-0.2, 0) is 115 Å². The number of aromatic nitrogens is 22. The first-order chi connectivity index (χ1) is 64.3. The molecule has 9 aliphatic rings. The Bertz CT molecular complexity index is 6940. The van der Waals surface area contributed by atoms with Gasteiger partial charge in [-0.25, -0.2) is 80.1 Å². The Balaban J connectivity index is 0.000000131. The smallest absolute Gasteiger partial charge is 0.397 e. The number of imidazole rings is 5. The molecule has 29 atom stereocenters. The number of thioether (sulfide) groups is 2. The Morgan fingerprint density at radius 3 is 1.28 bits per heavy atom. The van der Waals surface area contributed by atoms with Gasteiger partial charge in [0.05, 0.1) is 98.8 Å². The van der Waals surface area contributed by atoms with E-state index in [9.17, 15) is 57.1 Å². The predicted octanol–water partition coefficient (Wildman–Crippen LogP) is 2.95. The Morgan fingerprint density at radius 1 is 0.419 bits per heavy atom. The first-order valence-corrected chi connectivity index (χ1v) is 53.3. The van der Waals surface area contributed by atoms with E-state index >= 15 is 30.7 Å². The van der Waals surface area contributed by atoms with E-state index in [1.807, 2.05) is 0 Å². The number of alkyl halides is 7. The quantitative estimate of drug-likeness (QED) is 0.0646. The molecular weight excluding hydrogens is 2060 g/mol. The highest BCUT2D eigenvalue weighted by atomic mass is 32.7. The Kier molecular flexibility index (Phi) is 25.7. The molecule has 0 spiro atoms. The van der Waals surface area contributed by atoms with E-state index in [2.05, 4.69) is 92.3 Å². The van der Waals surface area contributed by atoms with Crippen LogP contribution in [0.3, 0.4) is 0 Å². The van der Waals surface area contributed by atoms with Crippen molar-refractivity contribution >= 4 is 205 Å². The lowest BCUT2D eigenvalue weighted by Gasteiger charge is -2.27. The zero-order valence-corrected chi connectivity index (χ0v) is 76.9. The van der Waals surface area contributed by atoms with Crippen molar-refractivity contribution in [2.45, 2.75) is 144 Å². The zero-order valence-electron chi connectivity index (χ0n) is 67.4. The fourth-order valence-corrected chi connectivity index (χ4v) is 26.3. The highest BCUT2D eigenvalue weighted by Gasteiger charge is 2.65. The molecule has 732 valence electrons. The summed E-state index contributed by atoms with van der Waals surface area (Å²) in [6.07, 6.45) is -25.1. The average Bonchev–Trinajstić information content (AvgIpc) is 1.60. The lowest BCUT2D eigenvalue weighted by atomic mass is 10.1. The van der Waals surface area contributed by atoms with Gasteiger partial charge in [-0.05, 0) is 41.8 Å². The van der Waals surface area contributed by atoms with Crippen LogP contribution in [0.15, 0.2) is 82.8 Å². The van der Waals surface area contributed by atoms with E-state index in [4.69, 9.17) is 131 Å². The fraction of sp³-hybridized carbons (Fsp3) is 0.484. The molecule has 20 N–H and O–H groups in total. The van der Waals surface area contributed by atoms with Gasteiger partial charge in [0.2, 0.25) is 24.1 Å². The monoisotopic (exact) mass is 2130 g/mol. The zero-order chi connectivity index (χ0) is 96.4. The van der Waals surface area contributed by atoms with Crippen LogP contribution in [0.25, 0.3) is 67.0 Å². The van der Waals surface area contributed by atoms with Crippen LogP contribution in [-0.4, -0.2) is 280 Å². The second-order valence-corrected chi connectivity index (χ2v) is 46.0. The lowest BCUT2D eigenvalue weighted by Crippen LogP contribution is -2.41. The minimum atomic E-state index is -5.38. The van der Waals surface area contributed by atoms with Gasteiger partial charge in [-0.15, -0.1) is 28.6 Å². The maximum Gasteiger partial charge on any atom is 0.472 e. The van der Waals surface area contributed by atoms with Gasteiger partial charge in [0.25, 0.3) is 16.7 Å². The summed E-state index contributed by atoms with van der Waals surface area (Å²) in [6.45, 7) is -18.3. The second-order valence-electron chi connectivity index (χ2n) is 30.6. The van der Waals surface area contributed by atoms with Gasteiger partial charge < -0.3 is 86.9 Å². The van der Waals surface area contributed by atoms with Crippen LogP contribution >= 0.6 is 79.5 Å². The van der Waals surface area contributed by atoms with Crippen LogP contribution in [0.4, 0.5) is 65.6 Å². The van der Waals surface area contributed by atoms with Crippen molar-refractivity contribution in [1.82, 2.24) is 108 Å². The molecule has 74 heteroatoms. The van der Waals surface area contributed by atoms with E-state index in [0.29, 0.717) is 4.68 Å². The van der Waals surface area contributed by atoms with E-state index in [1.165, 1.54) is 74.0 Å². The summed E-state index contributed by atoms with van der Waals surface area (Å²) >= 11 is 15.8. The summed E-state index contributed by atoms with van der Waals surface area (Å²) in [5.74, 6) is -4.93. The molecule has 9 aliphatic heterocycles. The van der Waals surface area contributed by atoms with E-state index in [0.717, 1.165) is 40.7 Å². The molecule has 0 aromatic carbocycles. The fourth-order valence-electron chi connectivity index (χ4n) is 15.8. The summed E-state index contributed by atoms with van der Waals surface area (Å²) in [5, 5.41) is 2.59. The molecule has 136 heavy (non-hydrogen) atoms. The number of ether oxygens (including phenoxy) is 4. The van der Waals surface area contributed by atoms with Gasteiger partial charge in [-0.3, -0.25) is 97.4 Å². The minimum absolute atomic E-state index is 0.0222. The molecule has 21 rings (SSSR count). The Hall–Kier alpha value is -8.42. The van der Waals surface area contributed by atoms with Gasteiger partial charge in [-0.1, -0.05) is 17.5 Å². The number of rotatable bonds is 6. The third-order valence-electron chi connectivity index (χ3n) is 21.9. The maximum absolute atomic E-state index is 15.9. The molecule has 12 aromatic heterocycles. The number of hydrogen-bond donors (Lipinski definition) is 15. The Morgan fingerprint density at radius 2 is 0.801 bits per heavy atom. The van der Waals surface area contributed by atoms with Crippen molar-refractivity contribution in [3.05, 3.63) is 99.5 Å². The normalized spacial score (nSPS) is 37.3. The van der Waals surface area contributed by atoms with Crippen molar-refractivity contribution in [1.29, 1.82) is 0 Å². The number of anilines is 6. The van der Waals surface area contributed by atoms with Gasteiger partial charge in [0.1, 0.15) is 89.1 Å². The van der Waals surface area contributed by atoms with Crippen molar-refractivity contribution < 1.29 is 147 Å². The highest BCUT2D eigenvalue weighted by molar-refractivity contribution is 8.44. The number of aromatic amines is 3. The highest BCUT2D eigenvalue weighted by Crippen LogP contribution is 2.64. The van der Waals surface area contributed by atoms with Crippen LogP contribution in [0.1, 0.15) is 35.7 Å². The summed E-state index contributed by atoms with van der Waals surface area (Å²) in [4.78, 5) is 142. The number of phosphoric ester groups is 3. The largest absolute Gasteiger partial charge is 0.472 e. The lowest BCUT2D eigenvalue weighted by molar-refractivity contribution is -0.141. The van der Waals surface area contributed by atoms with Gasteiger partial charge >= 0.3 is 49.6 Å². The first kappa shape index (κ1) is 96.5. The predicted molar refractivity (Wildman–Crippen MR) is 461 cm³/mol. The number of thiol groups is 1. The number of nitrogens with one attached hydrogen (secondary N) is 3. The molecule has 9 saturated heterocycles. The molecular formula is C62H67F7N28O28P6S5. The first-order valence-electron chi connectivity index (χ1n) is 39.0. The number of H-pyrrole nitrogens is 3. The third-order valence-corrected chi connectivity index (χ3v) is 32.6. The van der Waals surface area contributed by atoms with Crippen molar-refractivity contribution in [3.8, 4) is 0 Å². The number of nitrogens with two attached hydrogens (primary N) is 6. The molecule has 0 amide bonds. The standard InChI is InChI=1S/C21H23F2N9O10P2S.C21H23F2N9O9P2S2.C20H21F3N10O9P2S2/c22-10-8-3-37-43(34,35)41-14-9(40-19(11(14)23)31-5-27-12-7(24)1-2-26-16(12)31)4-38-44(36,45)42-15(10)20(39-8)32-6-28-13-17(32)29-21(25)30-18(13)33;22-10-9-4-37-42(34,35)40-14-8(39-19(11(14)23)31-5-27-12-7(24)1-2-26-16(12)31)3-38-43(36,44)41-15(10)20(45-9)32-6-28-13-17(32)29-21(25)30-18(13)33;21-9-8-4-38-43(35,36)42-13-7(40-18(20(13,22)23)33-14-10(30-31-33)6(24)1-2-26-14)3-39-44(37,45)41-12(9)17(46-8)32-5-27-11-15(32)28-19(25)29-16(11)34/h1-2,5-6,8-11,14-15,19-20H,3-4H2,(H2,24,26)(H,34,35)(H,36,45)(H3,25,29,30,33);1-2,5-6,8-11,14-15,19-20H,3-4H2,(H2,24,26)(H,34,35)(H,36,44)(H3,25,29,30,33);1-2,5,7-9,12-13,17-18H,3-4H2,(H2,24,26)(H,35,36)(H,37,45)(H3,25,28,29,34)/t8-,9-,10-,11-,14-,15-,19-,20-,44?;8-,9-,10+,11+,14-,15-,19-,20-,43?;7-,8-,9+,12-,13-,17-,18-,44?/m111/s1. The van der Waals surface area contributed by atoms with Crippen LogP contribution in [0.2, 0.25) is 0 Å². The molecule has 56 nitrogen and oxygen atoms in total. The average molecular weight is 2130 g/mol. The maximum atomic E-state index is 15.9. The number of hydrogen-bond acceptors (Lipinski definition) is 46. The van der Waals surface area contributed by atoms with Crippen molar-refractivity contribution in [2.75, 3.05) is 74.0 Å². The summed E-state index contributed by atoms with van der Waals surface area (Å²) < 4.78 is 256. The number of fused-ring (bicyclic) bond motifs is 15. The summed E-state index contributed by atoms with van der Waals surface area (Å²) in [6, 6.07) is 4.36. The molecule has 21 heterocycles. The van der Waals surface area contributed by atoms with Gasteiger partial charge in [0.15, 0.2) is 99.3 Å². The van der Waals surface area contributed by atoms with Gasteiger partial charge in [-0.2, -0.15) is 28.4 Å². The topological polar surface area (TPSA) is 769 Å². The van der Waals surface area contributed by atoms with Crippen molar-refractivity contribution in [3.63, 3.8) is 0 Å². The van der Waals surface area contributed by atoms with E-state index in [-0.39, 0.29) is 102 Å². The van der Waals surface area contributed by atoms with Gasteiger partial charge in [0, 0.05) is 18.6 Å². The Labute approximate surface area is 772 Å². The second kappa shape index (κ2) is 36.3. The molecule has 12 aromatic rings. The number of pyridine rings is 3. The van der Waals surface area contributed by atoms with Crippen molar-refractivity contribution in [2.24, 2.45) is 0 Å². The summed E-state index contributed by atoms with van der Waals surface area (Å²) in [5.41, 5.74) is 33.2. The number of nitrogens with zero attached hydrogens (tertiary/aromatic N) is 19. The minimum Gasteiger partial charge on any atom is -0.397 e. The number of nitrogen functional groups attached to an aromatic ring is 6. The molecule has 0 radical (unpaired) electrons. The van der Waals surface area contributed by atoms with E-state index in [1.54, 1.807) is 0 Å². The number of halogens is 7. The SMILES string of the molecule is Nc1nc2c(ncn2[C@@H]2O[C@@H]3COP(=O)(O)O[C@H]4[C@@H](F)[C@H](n5cnc6c(N)ccnc65)O[C@@H]4COP(O)(=S)O[C@@H]2[C@@H]3F)c(=O)[nH]1.Nc1nc2c(ncn2[C@@H]2S[C@@H]3COP(=O)(O)O[C@@H]4[C@@H](COP(=O)(S)O[C@@H]2[C@H]3F)O[C@@H](n2nnc3c(N)ccnc32)C4(F)F)c(=O)[nH]1.Nc1nc2c(ncn2[C@@H]2S[C@@H]3COP(=O)(O)O[C@H]4[C@H](F)[C@H](n5cnc6c(N)ccnc65)O[C@@H]4COP(O)(=S)O[C@@H]2[C@H]3F)c(=O)[nH]1. The molecule has 6 unspecified atom stereocenters.